The first kappa shape index (κ1) is 18.0. The van der Waals surface area contributed by atoms with Gasteiger partial charge in [0.2, 0.25) is 11.8 Å². The molecule has 0 saturated carbocycles. The Morgan fingerprint density at radius 2 is 2.24 bits per heavy atom. The fraction of sp³-hybridized carbons (Fsp3) is 0.556. The van der Waals surface area contributed by atoms with Crippen LogP contribution in [-0.2, 0) is 16.0 Å². The molecule has 6 nitrogen and oxygen atoms in total. The molecule has 0 radical (unpaired) electrons. The van der Waals surface area contributed by atoms with Gasteiger partial charge in [-0.05, 0) is 31.0 Å². The van der Waals surface area contributed by atoms with E-state index < -0.39 is 0 Å². The van der Waals surface area contributed by atoms with Crippen LogP contribution in [0.3, 0.4) is 0 Å². The molecule has 0 aromatic heterocycles. The fourth-order valence-corrected chi connectivity index (χ4v) is 3.80. The second-order valence-electron chi connectivity index (χ2n) is 6.53. The number of amides is 2. The van der Waals surface area contributed by atoms with Crippen molar-refractivity contribution in [1.82, 2.24) is 15.1 Å². The molecule has 1 aromatic carbocycles. The van der Waals surface area contributed by atoms with Gasteiger partial charge in [-0.25, -0.2) is 0 Å². The van der Waals surface area contributed by atoms with E-state index in [1.54, 1.807) is 25.3 Å². The van der Waals surface area contributed by atoms with Crippen molar-refractivity contribution in [3.8, 4) is 5.75 Å². The van der Waals surface area contributed by atoms with Gasteiger partial charge in [0.15, 0.2) is 0 Å². The van der Waals surface area contributed by atoms with Crippen molar-refractivity contribution in [2.45, 2.75) is 25.3 Å². The summed E-state index contributed by atoms with van der Waals surface area (Å²) in [6.45, 7) is 3.26. The van der Waals surface area contributed by atoms with Crippen LogP contribution in [0.4, 0.5) is 0 Å². The highest BCUT2D eigenvalue weighted by Crippen LogP contribution is 2.24. The molecule has 2 aliphatic heterocycles. The summed E-state index contributed by atoms with van der Waals surface area (Å²) in [5.74, 6) is 0.846. The number of ether oxygens (including phenoxy) is 1. The van der Waals surface area contributed by atoms with Crippen LogP contribution in [-0.4, -0.2) is 67.5 Å². The van der Waals surface area contributed by atoms with Crippen LogP contribution in [0.5, 0.6) is 5.75 Å². The molecule has 1 aromatic rings. The lowest BCUT2D eigenvalue weighted by atomic mass is 10.0. The Balaban J connectivity index is 1.66. The summed E-state index contributed by atoms with van der Waals surface area (Å²) in [5, 5.41) is 3.68. The van der Waals surface area contributed by atoms with Crippen molar-refractivity contribution in [1.29, 1.82) is 0 Å². The Bertz CT molecular complexity index is 652. The van der Waals surface area contributed by atoms with E-state index in [1.807, 2.05) is 9.80 Å². The van der Waals surface area contributed by atoms with Gasteiger partial charge in [-0.2, -0.15) is 0 Å². The molecule has 2 heterocycles. The molecule has 0 spiro atoms. The number of nitrogens with one attached hydrogen (secondary N) is 1. The molecule has 2 aliphatic rings. The quantitative estimate of drug-likeness (QED) is 0.874. The lowest BCUT2D eigenvalue weighted by molar-refractivity contribution is -0.140. The molecule has 3 rings (SSSR count). The molecule has 2 saturated heterocycles. The number of methoxy groups -OCH3 is 1. The van der Waals surface area contributed by atoms with E-state index in [1.165, 1.54) is 0 Å². The van der Waals surface area contributed by atoms with Crippen LogP contribution in [0, 0.1) is 0 Å². The highest BCUT2D eigenvalue weighted by Gasteiger charge is 2.31. The zero-order chi connectivity index (χ0) is 17.8. The van der Waals surface area contributed by atoms with Crippen LogP contribution in [0.1, 0.15) is 18.4 Å². The van der Waals surface area contributed by atoms with Gasteiger partial charge in [0.05, 0.1) is 20.1 Å². The third-order valence-corrected chi connectivity index (χ3v) is 5.14. The monoisotopic (exact) mass is 365 g/mol. The molecule has 1 N–H and O–H groups in total. The van der Waals surface area contributed by atoms with Gasteiger partial charge >= 0.3 is 0 Å². The smallest absolute Gasteiger partial charge is 0.236 e. The van der Waals surface area contributed by atoms with E-state index in [-0.39, 0.29) is 24.3 Å². The first-order chi connectivity index (χ1) is 12.1. The summed E-state index contributed by atoms with van der Waals surface area (Å²) in [4.78, 5) is 28.7. The first-order valence-corrected chi connectivity index (χ1v) is 9.06. The lowest BCUT2D eigenvalue weighted by Gasteiger charge is -2.41. The minimum absolute atomic E-state index is 0.0489. The van der Waals surface area contributed by atoms with Crippen LogP contribution in [0.25, 0.3) is 0 Å². The number of piperidine rings is 1. The van der Waals surface area contributed by atoms with Gasteiger partial charge in [0.25, 0.3) is 0 Å². The van der Waals surface area contributed by atoms with E-state index in [2.05, 4.69) is 5.32 Å². The zero-order valence-electron chi connectivity index (χ0n) is 14.5. The highest BCUT2D eigenvalue weighted by atomic mass is 35.5. The lowest BCUT2D eigenvalue weighted by Crippen LogP contribution is -2.57. The third kappa shape index (κ3) is 4.25. The first-order valence-electron chi connectivity index (χ1n) is 8.69. The van der Waals surface area contributed by atoms with E-state index in [4.69, 9.17) is 16.3 Å². The summed E-state index contributed by atoms with van der Waals surface area (Å²) in [6.07, 6.45) is 2.13. The van der Waals surface area contributed by atoms with E-state index in [0.717, 1.165) is 31.5 Å². The average Bonchev–Trinajstić information content (AvgIpc) is 2.62. The molecule has 25 heavy (non-hydrogen) atoms. The van der Waals surface area contributed by atoms with Crippen molar-refractivity contribution in [2.24, 2.45) is 0 Å². The summed E-state index contributed by atoms with van der Waals surface area (Å²) >= 11 is 6.05. The summed E-state index contributed by atoms with van der Waals surface area (Å²) in [6, 6.07) is 5.43. The average molecular weight is 366 g/mol. The number of hydrogen-bond acceptors (Lipinski definition) is 4. The minimum atomic E-state index is 0.0489. The summed E-state index contributed by atoms with van der Waals surface area (Å²) < 4.78 is 5.33. The van der Waals surface area contributed by atoms with Crippen molar-refractivity contribution in [3.63, 3.8) is 0 Å². The second-order valence-corrected chi connectivity index (χ2v) is 6.97. The fourth-order valence-electron chi connectivity index (χ4n) is 3.60. The molecule has 0 aliphatic carbocycles. The summed E-state index contributed by atoms with van der Waals surface area (Å²) in [7, 11) is 1.59. The van der Waals surface area contributed by atoms with Crippen LogP contribution < -0.4 is 10.1 Å². The minimum Gasteiger partial charge on any atom is -0.496 e. The maximum absolute atomic E-state index is 12.8. The SMILES string of the molecule is COc1ccc(Cl)cc1CC(=O)N1CCCC(N2CCNCC2=O)C1. The Hall–Kier alpha value is -1.79. The number of benzene rings is 1. The zero-order valence-corrected chi connectivity index (χ0v) is 15.2. The van der Waals surface area contributed by atoms with Gasteiger partial charge in [0, 0.05) is 42.8 Å². The van der Waals surface area contributed by atoms with Gasteiger partial charge < -0.3 is 19.9 Å². The largest absolute Gasteiger partial charge is 0.496 e. The van der Waals surface area contributed by atoms with Crippen molar-refractivity contribution < 1.29 is 14.3 Å². The van der Waals surface area contributed by atoms with Gasteiger partial charge in [-0.15, -0.1) is 0 Å². The normalized spacial score (nSPS) is 21.4. The summed E-state index contributed by atoms with van der Waals surface area (Å²) in [5.41, 5.74) is 0.792. The predicted molar refractivity (Wildman–Crippen MR) is 95.9 cm³/mol. The number of halogens is 1. The van der Waals surface area contributed by atoms with Crippen LogP contribution >= 0.6 is 11.6 Å². The topological polar surface area (TPSA) is 61.9 Å². The third-order valence-electron chi connectivity index (χ3n) is 4.90. The van der Waals surface area contributed by atoms with Crippen LogP contribution in [0.2, 0.25) is 5.02 Å². The molecule has 1 atom stereocenters. The second kappa shape index (κ2) is 8.06. The number of hydrogen-bond donors (Lipinski definition) is 1. The van der Waals surface area contributed by atoms with Gasteiger partial charge in [-0.1, -0.05) is 11.6 Å². The maximum atomic E-state index is 12.8. The van der Waals surface area contributed by atoms with Crippen molar-refractivity contribution in [2.75, 3.05) is 39.8 Å². The molecule has 2 fully saturated rings. The molecular formula is C18H24ClN3O3. The Labute approximate surface area is 153 Å². The molecule has 136 valence electrons. The predicted octanol–water partition coefficient (Wildman–Crippen LogP) is 1.31. The number of rotatable bonds is 4. The molecule has 2 amide bonds. The van der Waals surface area contributed by atoms with Crippen LogP contribution in [0.15, 0.2) is 18.2 Å². The number of likely N-dealkylation sites (tertiary alicyclic amines) is 1. The van der Waals surface area contributed by atoms with Crippen molar-refractivity contribution >= 4 is 23.4 Å². The maximum Gasteiger partial charge on any atom is 0.236 e. The highest BCUT2D eigenvalue weighted by molar-refractivity contribution is 6.30. The molecular weight excluding hydrogens is 342 g/mol. The molecule has 0 bridgehead atoms. The van der Waals surface area contributed by atoms with Gasteiger partial charge in [0.1, 0.15) is 5.75 Å². The number of nitrogens with zero attached hydrogens (tertiary/aromatic N) is 2. The molecule has 7 heteroatoms. The van der Waals surface area contributed by atoms with E-state index in [9.17, 15) is 9.59 Å². The molecule has 1 unspecified atom stereocenters. The standard InChI is InChI=1S/C18H24ClN3O3/c1-25-16-5-4-14(19)9-13(16)10-17(23)21-7-2-3-15(12-21)22-8-6-20-11-18(22)24/h4-5,9,15,20H,2-3,6-8,10-12H2,1H3. The van der Waals surface area contributed by atoms with Gasteiger partial charge in [-0.3, -0.25) is 9.59 Å². The Kier molecular flexibility index (Phi) is 5.81. The Morgan fingerprint density at radius 3 is 3.00 bits per heavy atom. The number of carbonyl (C=O) groups excluding carboxylic acids is 2. The number of carbonyl (C=O) groups is 2. The van der Waals surface area contributed by atoms with Crippen molar-refractivity contribution in [3.05, 3.63) is 28.8 Å². The number of piperazine rings is 1. The van der Waals surface area contributed by atoms with E-state index >= 15 is 0 Å². The van der Waals surface area contributed by atoms with E-state index in [0.29, 0.717) is 30.4 Å². The Morgan fingerprint density at radius 1 is 1.40 bits per heavy atom.